The molecule has 18 heteroatoms. The van der Waals surface area contributed by atoms with E-state index in [4.69, 9.17) is 17.7 Å². The summed E-state index contributed by atoms with van der Waals surface area (Å²) in [6.45, 7) is 6.42. The minimum absolute atomic E-state index is 0.100. The van der Waals surface area contributed by atoms with Gasteiger partial charge in [-0.05, 0) is 47.9 Å². The van der Waals surface area contributed by atoms with Crippen LogP contribution >= 0.6 is 22.7 Å². The Balaban J connectivity index is 0.00000111. The molecule has 2 amide bonds. The molecule has 0 atom stereocenters. The Hall–Kier alpha value is -3.71. The van der Waals surface area contributed by atoms with Gasteiger partial charge >= 0.3 is 20.7 Å². The Kier molecular flexibility index (Phi) is 11.9. The number of unbranched alkanes of at least 4 members (excludes halogenated alkanes) is 4. The van der Waals surface area contributed by atoms with Gasteiger partial charge < -0.3 is 10.6 Å². The van der Waals surface area contributed by atoms with Gasteiger partial charge in [0.05, 0.1) is 21.1 Å². The van der Waals surface area contributed by atoms with Crippen molar-refractivity contribution in [2.24, 2.45) is 0 Å². The van der Waals surface area contributed by atoms with Crippen LogP contribution in [0.5, 0.6) is 0 Å². The molecule has 2 aliphatic carbocycles. The quantitative estimate of drug-likeness (QED) is 0.0991. The minimum atomic E-state index is -4.31. The normalized spacial score (nSPS) is 12.5. The number of aromatic nitrogens is 4. The van der Waals surface area contributed by atoms with Crippen LogP contribution in [0.2, 0.25) is 0 Å². The number of thiophene rings is 2. The third kappa shape index (κ3) is 8.20. The molecule has 0 saturated heterocycles. The van der Waals surface area contributed by atoms with Gasteiger partial charge in [-0.15, -0.1) is 35.3 Å². The van der Waals surface area contributed by atoms with E-state index < -0.39 is 20.7 Å². The van der Waals surface area contributed by atoms with Gasteiger partial charge in [0.1, 0.15) is 4.21 Å². The lowest BCUT2D eigenvalue weighted by Gasteiger charge is -2.07. The molecule has 264 valence electrons. The summed E-state index contributed by atoms with van der Waals surface area (Å²) >= 11 is 2.71. The van der Waals surface area contributed by atoms with Crippen molar-refractivity contribution in [3.63, 3.8) is 0 Å². The predicted octanol–water partition coefficient (Wildman–Crippen LogP) is 4.52. The Bertz CT molecular complexity index is 2070. The maximum absolute atomic E-state index is 13.3. The standard InChI is InChI=1S/C31H38N6O5S3.O3S/c1-3-5-7-13-36-26-21(16-19-10-15-43-28(19)26)24(34-36)30(38)32-11-9-12-33-31(39)25-22-17-20-18-23(45(40,41)42)44-29(20)27(22)37(35-25)14-8-6-4-2;1-4(2)3/h10,15,18H,3-9,11-14,16-17H2,1-2H3,(H,32,38)(H,33,39)(H,40,41,42);. The van der Waals surface area contributed by atoms with E-state index in [1.54, 1.807) is 16.0 Å². The smallest absolute Gasteiger partial charge is 0.351 e. The van der Waals surface area contributed by atoms with Crippen LogP contribution in [-0.2, 0) is 46.7 Å². The summed E-state index contributed by atoms with van der Waals surface area (Å²) in [4.78, 5) is 28.4. The molecular weight excluding hydrogens is 713 g/mol. The number of carbonyl (C=O) groups is 2. The van der Waals surface area contributed by atoms with Gasteiger partial charge in [0, 0.05) is 50.1 Å². The monoisotopic (exact) mass is 750 g/mol. The van der Waals surface area contributed by atoms with Crippen LogP contribution in [-0.4, -0.2) is 70.1 Å². The van der Waals surface area contributed by atoms with Crippen molar-refractivity contribution in [2.45, 2.75) is 88.9 Å². The molecule has 4 aromatic rings. The van der Waals surface area contributed by atoms with Crippen molar-refractivity contribution in [2.75, 3.05) is 13.1 Å². The van der Waals surface area contributed by atoms with E-state index in [9.17, 15) is 22.6 Å². The van der Waals surface area contributed by atoms with Crippen molar-refractivity contribution >= 4 is 55.2 Å². The molecule has 0 radical (unpaired) electrons. The van der Waals surface area contributed by atoms with Crippen LogP contribution in [0.1, 0.15) is 102 Å². The molecule has 2 aliphatic rings. The van der Waals surface area contributed by atoms with Crippen molar-refractivity contribution in [1.82, 2.24) is 30.2 Å². The Labute approximate surface area is 293 Å². The molecule has 0 spiro atoms. The van der Waals surface area contributed by atoms with Crippen LogP contribution in [0.25, 0.3) is 21.1 Å². The number of amides is 2. The fourth-order valence-electron chi connectivity index (χ4n) is 6.14. The highest BCUT2D eigenvalue weighted by atomic mass is 32.3. The van der Waals surface area contributed by atoms with Gasteiger partial charge in [-0.25, -0.2) is 0 Å². The largest absolute Gasteiger partial charge is 0.425 e. The molecule has 4 aromatic heterocycles. The van der Waals surface area contributed by atoms with Crippen molar-refractivity contribution in [3.8, 4) is 21.1 Å². The second-order valence-electron chi connectivity index (χ2n) is 11.8. The van der Waals surface area contributed by atoms with E-state index in [2.05, 4.69) is 41.0 Å². The zero-order valence-corrected chi connectivity index (χ0v) is 30.4. The van der Waals surface area contributed by atoms with E-state index >= 15 is 0 Å². The molecule has 6 rings (SSSR count). The maximum atomic E-state index is 13.3. The number of nitrogens with one attached hydrogen (secondary N) is 2. The second kappa shape index (κ2) is 15.9. The molecule has 0 aromatic carbocycles. The van der Waals surface area contributed by atoms with E-state index in [1.807, 2.05) is 4.68 Å². The maximum Gasteiger partial charge on any atom is 0.425 e. The summed E-state index contributed by atoms with van der Waals surface area (Å²) in [7, 11) is -7.42. The molecule has 0 saturated carbocycles. The van der Waals surface area contributed by atoms with E-state index in [1.165, 1.54) is 16.5 Å². The molecule has 0 unspecified atom stereocenters. The summed E-state index contributed by atoms with van der Waals surface area (Å²) < 4.78 is 62.1. The number of aryl methyl sites for hydroxylation is 2. The lowest BCUT2D eigenvalue weighted by molar-refractivity contribution is 0.0944. The first-order valence-corrected chi connectivity index (χ1v) is 20.3. The van der Waals surface area contributed by atoms with E-state index in [-0.39, 0.29) is 16.0 Å². The first kappa shape index (κ1) is 36.6. The highest BCUT2D eigenvalue weighted by molar-refractivity contribution is 7.88. The molecule has 49 heavy (non-hydrogen) atoms. The van der Waals surface area contributed by atoms with Crippen LogP contribution < -0.4 is 10.6 Å². The molecular formula is C31H38N6O8S4. The van der Waals surface area contributed by atoms with Crippen LogP contribution in [0, 0.1) is 0 Å². The summed E-state index contributed by atoms with van der Waals surface area (Å²) in [6.07, 6.45) is 7.81. The molecule has 0 bridgehead atoms. The number of carbonyl (C=O) groups excluding carboxylic acids is 2. The average Bonchev–Trinajstić information content (AvgIpc) is 3.85. The van der Waals surface area contributed by atoms with Gasteiger partial charge in [0.2, 0.25) is 0 Å². The molecule has 0 aliphatic heterocycles. The van der Waals surface area contributed by atoms with Crippen LogP contribution in [0.4, 0.5) is 0 Å². The summed E-state index contributed by atoms with van der Waals surface area (Å²) in [5, 5.41) is 17.4. The lowest BCUT2D eigenvalue weighted by Crippen LogP contribution is -2.31. The van der Waals surface area contributed by atoms with Crippen molar-refractivity contribution in [3.05, 3.63) is 51.2 Å². The lowest BCUT2D eigenvalue weighted by atomic mass is 10.1. The molecule has 4 heterocycles. The van der Waals surface area contributed by atoms with E-state index in [0.717, 1.165) is 95.8 Å². The summed E-state index contributed by atoms with van der Waals surface area (Å²) in [5.41, 5.74) is 6.46. The first-order valence-electron chi connectivity index (χ1n) is 16.1. The fraction of sp³-hybridized carbons (Fsp3) is 0.484. The van der Waals surface area contributed by atoms with Gasteiger partial charge in [-0.2, -0.15) is 18.6 Å². The Morgan fingerprint density at radius 3 is 1.86 bits per heavy atom. The highest BCUT2D eigenvalue weighted by Gasteiger charge is 2.34. The van der Waals surface area contributed by atoms with Gasteiger partial charge in [-0.3, -0.25) is 23.5 Å². The average molecular weight is 751 g/mol. The minimum Gasteiger partial charge on any atom is -0.351 e. The second-order valence-corrected chi connectivity index (χ2v) is 15.8. The number of fused-ring (bicyclic) bond motifs is 6. The fourth-order valence-corrected chi connectivity index (χ4v) is 9.09. The Morgan fingerprint density at radius 1 is 0.837 bits per heavy atom. The van der Waals surface area contributed by atoms with Crippen LogP contribution in [0.15, 0.2) is 21.7 Å². The van der Waals surface area contributed by atoms with Gasteiger partial charge in [0.15, 0.2) is 11.4 Å². The zero-order valence-electron chi connectivity index (χ0n) is 27.2. The summed E-state index contributed by atoms with van der Waals surface area (Å²) in [5.74, 6) is -0.493. The predicted molar refractivity (Wildman–Crippen MR) is 185 cm³/mol. The number of nitrogens with zero attached hydrogens (tertiary/aromatic N) is 4. The SMILES string of the molecule is CCCCCn1nc(C(=O)NCCCNC(=O)c2nn(CCCCC)c3c2Cc2cc(S(=O)(=O)O)sc2-3)c2c1-c1sccc1C2.O=S(=O)=O. The molecule has 3 N–H and O–H groups in total. The highest BCUT2D eigenvalue weighted by Crippen LogP contribution is 2.45. The Morgan fingerprint density at radius 2 is 1.35 bits per heavy atom. The molecule has 14 nitrogen and oxygen atoms in total. The van der Waals surface area contributed by atoms with Crippen molar-refractivity contribution in [1.29, 1.82) is 0 Å². The van der Waals surface area contributed by atoms with Crippen molar-refractivity contribution < 1.29 is 35.2 Å². The van der Waals surface area contributed by atoms with E-state index in [0.29, 0.717) is 43.9 Å². The topological polar surface area (TPSA) is 199 Å². The van der Waals surface area contributed by atoms with Crippen LogP contribution in [0.3, 0.4) is 0 Å². The third-order valence-electron chi connectivity index (χ3n) is 8.35. The zero-order chi connectivity index (χ0) is 35.3. The summed E-state index contributed by atoms with van der Waals surface area (Å²) in [6, 6.07) is 3.61. The van der Waals surface area contributed by atoms with Gasteiger partial charge in [0.25, 0.3) is 11.8 Å². The number of hydrogen-bond acceptors (Lipinski definition) is 11. The number of hydrogen-bond donors (Lipinski definition) is 3. The first-order chi connectivity index (χ1) is 23.4. The number of rotatable bonds is 15. The molecule has 0 fully saturated rings. The third-order valence-corrected chi connectivity index (χ3v) is 11.8. The van der Waals surface area contributed by atoms with Gasteiger partial charge in [-0.1, -0.05) is 39.5 Å².